The molecule has 0 heterocycles. The number of carbonyl (C=O) groups is 4. The zero-order valence-electron chi connectivity index (χ0n) is 22.9. The number of nitrogens with two attached hydrogens (primary N) is 1. The number of nitrogens with one attached hydrogen (secondary N) is 2. The van der Waals surface area contributed by atoms with E-state index in [2.05, 4.69) is 10.6 Å². The fraction of sp³-hybridized carbons (Fsp3) is 0.481. The van der Waals surface area contributed by atoms with Crippen molar-refractivity contribution in [3.05, 3.63) is 45.9 Å². The Morgan fingerprint density at radius 1 is 1.10 bits per heavy atom. The van der Waals surface area contributed by atoms with E-state index >= 15 is 0 Å². The van der Waals surface area contributed by atoms with Crippen molar-refractivity contribution in [2.45, 2.75) is 56.9 Å². The van der Waals surface area contributed by atoms with E-state index < -0.39 is 93.0 Å². The number of primary amides is 1. The molecule has 4 rings (SSSR count). The fourth-order valence-electron chi connectivity index (χ4n) is 6.22. The smallest absolute Gasteiger partial charge is 0.319 e. The fourth-order valence-corrected chi connectivity index (χ4v) is 6.22. The highest BCUT2D eigenvalue weighted by atomic mass is 16.4. The van der Waals surface area contributed by atoms with Gasteiger partial charge in [-0.25, -0.2) is 4.79 Å². The van der Waals surface area contributed by atoms with Crippen LogP contribution in [0.3, 0.4) is 0 Å². The summed E-state index contributed by atoms with van der Waals surface area (Å²) in [5.41, 5.74) is 0.102. The van der Waals surface area contributed by atoms with Crippen LogP contribution in [0.15, 0.2) is 34.8 Å². The van der Waals surface area contributed by atoms with Gasteiger partial charge in [0, 0.05) is 17.0 Å². The second kappa shape index (κ2) is 9.32. The molecule has 0 unspecified atom stereocenters. The summed E-state index contributed by atoms with van der Waals surface area (Å²) in [6, 6.07) is 0.885. The number of hydrogen-bond acceptors (Lipinski definition) is 10. The van der Waals surface area contributed by atoms with E-state index in [0.29, 0.717) is 0 Å². The molecule has 0 saturated heterocycles. The van der Waals surface area contributed by atoms with E-state index in [4.69, 9.17) is 5.73 Å². The summed E-state index contributed by atoms with van der Waals surface area (Å²) in [5, 5.41) is 61.8. The molecule has 3 amide bonds. The average molecular weight is 559 g/mol. The number of rotatable bonds is 3. The minimum Gasteiger partial charge on any atom is -0.510 e. The second-order valence-electron chi connectivity index (χ2n) is 11.8. The number of likely N-dealkylation sites (N-methyl/N-ethyl adjacent to an activating group) is 1. The maximum absolute atomic E-state index is 13.9. The van der Waals surface area contributed by atoms with E-state index in [1.165, 1.54) is 31.1 Å². The third-order valence-electron chi connectivity index (χ3n) is 7.87. The Bertz CT molecular complexity index is 1410. The summed E-state index contributed by atoms with van der Waals surface area (Å²) in [4.78, 5) is 53.2. The number of urea groups is 1. The predicted octanol–water partition coefficient (Wildman–Crippen LogP) is 0.572. The molecule has 0 radical (unpaired) electrons. The van der Waals surface area contributed by atoms with Crippen molar-refractivity contribution in [2.75, 3.05) is 19.4 Å². The molecule has 1 aromatic rings. The molecule has 3 aliphatic rings. The molecule has 0 bridgehead atoms. The summed E-state index contributed by atoms with van der Waals surface area (Å²) < 4.78 is 0. The number of fused-ring (bicyclic) bond motifs is 3. The molecular formula is C27H34N4O9. The molecule has 6 atom stereocenters. The summed E-state index contributed by atoms with van der Waals surface area (Å²) in [6.45, 7) is 6.87. The van der Waals surface area contributed by atoms with Crippen molar-refractivity contribution >= 4 is 29.2 Å². The standard InChI is InChI=1S/C27H34N4O9/c1-9-10-7-8-11(29-25(39)30-26(2,3)4)18(32)13(10)19(33)14-12(9)20(34)16-17(31(5)6)21(35)15(24(28)38)23(37)27(16,40)22(14)36/h7-9,12,16-17,20,32,34-36,40H,1-6H3,(H2,28,38)(H2,29,30,39)/t9-,12+,16+,17+,20-,27+/m0/s1. The minimum absolute atomic E-state index is 0.113. The molecule has 13 nitrogen and oxygen atoms in total. The van der Waals surface area contributed by atoms with Gasteiger partial charge in [-0.1, -0.05) is 13.0 Å². The van der Waals surface area contributed by atoms with Gasteiger partial charge in [0.05, 0.1) is 29.3 Å². The number of aromatic hydroxyl groups is 1. The van der Waals surface area contributed by atoms with E-state index in [-0.39, 0.29) is 16.8 Å². The first-order valence-corrected chi connectivity index (χ1v) is 12.6. The molecule has 13 heteroatoms. The van der Waals surface area contributed by atoms with Crippen LogP contribution in [0.4, 0.5) is 10.5 Å². The quantitative estimate of drug-likeness (QED) is 0.190. The van der Waals surface area contributed by atoms with Gasteiger partial charge in [-0.15, -0.1) is 0 Å². The van der Waals surface area contributed by atoms with E-state index in [0.717, 1.165) is 0 Å². The Hall–Kier alpha value is -3.94. The molecular weight excluding hydrogens is 524 g/mol. The number of phenols is 1. The first-order chi connectivity index (χ1) is 18.4. The van der Waals surface area contributed by atoms with Crippen LogP contribution >= 0.6 is 0 Å². The predicted molar refractivity (Wildman–Crippen MR) is 142 cm³/mol. The number of benzene rings is 1. The van der Waals surface area contributed by atoms with Gasteiger partial charge in [-0.3, -0.25) is 19.3 Å². The van der Waals surface area contributed by atoms with Gasteiger partial charge in [0.2, 0.25) is 5.78 Å². The third-order valence-corrected chi connectivity index (χ3v) is 7.87. The average Bonchev–Trinajstić information content (AvgIpc) is 2.81. The lowest BCUT2D eigenvalue weighted by Crippen LogP contribution is -2.68. The monoisotopic (exact) mass is 558 g/mol. The minimum atomic E-state index is -3.00. The largest absolute Gasteiger partial charge is 0.510 e. The summed E-state index contributed by atoms with van der Waals surface area (Å²) in [6.07, 6.45) is -1.69. The van der Waals surface area contributed by atoms with Crippen LogP contribution in [-0.4, -0.2) is 91.3 Å². The van der Waals surface area contributed by atoms with Crippen LogP contribution in [0.1, 0.15) is 49.5 Å². The lowest BCUT2D eigenvalue weighted by atomic mass is 9.55. The van der Waals surface area contributed by atoms with Crippen molar-refractivity contribution in [1.29, 1.82) is 0 Å². The van der Waals surface area contributed by atoms with Gasteiger partial charge in [0.15, 0.2) is 17.1 Å². The molecule has 1 aromatic carbocycles. The van der Waals surface area contributed by atoms with E-state index in [1.807, 2.05) is 0 Å². The Balaban J connectivity index is 1.92. The Morgan fingerprint density at radius 3 is 2.23 bits per heavy atom. The number of ketones is 2. The molecule has 40 heavy (non-hydrogen) atoms. The van der Waals surface area contributed by atoms with Gasteiger partial charge in [0.25, 0.3) is 5.91 Å². The highest BCUT2D eigenvalue weighted by molar-refractivity contribution is 6.25. The van der Waals surface area contributed by atoms with E-state index in [1.54, 1.807) is 27.7 Å². The topological polar surface area (TPSA) is 223 Å². The van der Waals surface area contributed by atoms with Crippen LogP contribution in [0, 0.1) is 11.8 Å². The molecule has 0 spiro atoms. The molecule has 0 aromatic heterocycles. The first kappa shape index (κ1) is 29.1. The van der Waals surface area contributed by atoms with Gasteiger partial charge in [-0.05, 0) is 52.4 Å². The van der Waals surface area contributed by atoms with Gasteiger partial charge in [0.1, 0.15) is 17.1 Å². The second-order valence-corrected chi connectivity index (χ2v) is 11.8. The number of Topliss-reactive ketones (excluding diaryl/α,β-unsaturated/α-hetero) is 2. The highest BCUT2D eigenvalue weighted by Gasteiger charge is 2.67. The van der Waals surface area contributed by atoms with Crippen LogP contribution in [0.25, 0.3) is 0 Å². The number of anilines is 1. The Morgan fingerprint density at radius 2 is 1.70 bits per heavy atom. The molecule has 0 aliphatic heterocycles. The number of carbonyl (C=O) groups excluding carboxylic acids is 4. The SMILES string of the molecule is C[C@H]1c2ccc(NC(=O)NC(C)(C)C)c(O)c2C(=O)C2=C(O)[C@@]3(O)C(=O)C(C(N)=O)=C(O)[C@H](N(C)C)[C@@H]3[C@@H](O)[C@@H]21. The lowest BCUT2D eigenvalue weighted by molar-refractivity contribution is -0.162. The van der Waals surface area contributed by atoms with Crippen molar-refractivity contribution < 1.29 is 44.7 Å². The number of hydrogen-bond donors (Lipinski definition) is 8. The van der Waals surface area contributed by atoms with Crippen LogP contribution < -0.4 is 16.4 Å². The number of nitrogens with zero attached hydrogens (tertiary/aromatic N) is 1. The van der Waals surface area contributed by atoms with Crippen molar-refractivity contribution in [3.8, 4) is 5.75 Å². The van der Waals surface area contributed by atoms with Gasteiger partial charge >= 0.3 is 6.03 Å². The maximum Gasteiger partial charge on any atom is 0.319 e. The van der Waals surface area contributed by atoms with Crippen molar-refractivity contribution in [1.82, 2.24) is 10.2 Å². The summed E-state index contributed by atoms with van der Waals surface area (Å²) >= 11 is 0. The Labute approximate surface area is 230 Å². The molecule has 3 aliphatic carbocycles. The normalized spacial score (nSPS) is 30.1. The first-order valence-electron chi connectivity index (χ1n) is 12.6. The highest BCUT2D eigenvalue weighted by Crippen LogP contribution is 2.56. The zero-order chi connectivity index (χ0) is 30.2. The summed E-state index contributed by atoms with van der Waals surface area (Å²) in [7, 11) is 2.93. The molecule has 0 saturated carbocycles. The van der Waals surface area contributed by atoms with Gasteiger partial charge in [-0.2, -0.15) is 0 Å². The lowest BCUT2D eigenvalue weighted by Gasteiger charge is -2.53. The third kappa shape index (κ3) is 4.03. The zero-order valence-corrected chi connectivity index (χ0v) is 22.9. The van der Waals surface area contributed by atoms with Crippen molar-refractivity contribution in [2.24, 2.45) is 17.6 Å². The Kier molecular flexibility index (Phi) is 6.77. The van der Waals surface area contributed by atoms with Crippen LogP contribution in [-0.2, 0) is 9.59 Å². The number of aliphatic hydroxyl groups is 4. The molecule has 0 fully saturated rings. The number of amides is 3. The molecule has 9 N–H and O–H groups in total. The number of phenolic OH excluding ortho intramolecular Hbond substituents is 1. The van der Waals surface area contributed by atoms with E-state index in [9.17, 15) is 44.7 Å². The summed E-state index contributed by atoms with van der Waals surface area (Å²) in [5.74, 6) is -9.85. The van der Waals surface area contributed by atoms with Gasteiger partial charge < -0.3 is 41.9 Å². The van der Waals surface area contributed by atoms with Crippen LogP contribution in [0.2, 0.25) is 0 Å². The molecule has 216 valence electrons. The van der Waals surface area contributed by atoms with Crippen LogP contribution in [0.5, 0.6) is 5.75 Å². The number of aliphatic hydroxyl groups excluding tert-OH is 3. The van der Waals surface area contributed by atoms with Crippen molar-refractivity contribution in [3.63, 3.8) is 0 Å². The maximum atomic E-state index is 13.9.